The van der Waals surface area contributed by atoms with E-state index in [1.807, 2.05) is 6.92 Å². The van der Waals surface area contributed by atoms with Crippen molar-refractivity contribution in [1.82, 2.24) is 0 Å². The Morgan fingerprint density at radius 2 is 1.43 bits per heavy atom. The van der Waals surface area contributed by atoms with E-state index in [4.69, 9.17) is 39.0 Å². The van der Waals surface area contributed by atoms with Gasteiger partial charge in [-0.2, -0.15) is 8.42 Å². The van der Waals surface area contributed by atoms with Crippen LogP contribution in [0.2, 0.25) is 15.1 Å². The largest absolute Gasteiger partial charge is 0.378 e. The van der Waals surface area contributed by atoms with Crippen molar-refractivity contribution in [2.45, 2.75) is 11.8 Å². The smallest absolute Gasteiger partial charge is 0.339 e. The van der Waals surface area contributed by atoms with Crippen LogP contribution in [0.5, 0.6) is 5.75 Å². The molecular weight excluding hydrogens is 611 g/mol. The number of carbonyl (C=O) groups is 1. The topological polar surface area (TPSA) is 76.0 Å². The summed E-state index contributed by atoms with van der Waals surface area (Å²) in [5.74, 6) is -0.348. The molecular formula is C29H19Cl3N2O4S2. The number of thioether (sulfide) groups is 1. The molecule has 1 aliphatic rings. The quantitative estimate of drug-likeness (QED) is 0.158. The molecule has 4 aromatic rings. The molecule has 4 aromatic carbocycles. The number of hydrogen-bond donors (Lipinski definition) is 0. The third-order valence-corrected chi connectivity index (χ3v) is 8.67. The third kappa shape index (κ3) is 6.37. The maximum absolute atomic E-state index is 13.7. The fourth-order valence-electron chi connectivity index (χ4n) is 3.71. The van der Waals surface area contributed by atoms with Crippen molar-refractivity contribution in [3.05, 3.63) is 122 Å². The Kier molecular flexibility index (Phi) is 8.26. The lowest BCUT2D eigenvalue weighted by Crippen LogP contribution is -2.28. The van der Waals surface area contributed by atoms with E-state index in [-0.39, 0.29) is 21.5 Å². The Morgan fingerprint density at radius 1 is 0.825 bits per heavy atom. The van der Waals surface area contributed by atoms with Gasteiger partial charge in [0.1, 0.15) is 10.6 Å². The van der Waals surface area contributed by atoms with Gasteiger partial charge in [-0.05, 0) is 104 Å². The molecule has 0 unspecified atom stereocenters. The van der Waals surface area contributed by atoms with Crippen LogP contribution in [0.15, 0.2) is 106 Å². The molecule has 0 aromatic heterocycles. The first-order valence-corrected chi connectivity index (χ1v) is 15.1. The lowest BCUT2D eigenvalue weighted by molar-refractivity contribution is -0.113. The Balaban J connectivity index is 1.55. The van der Waals surface area contributed by atoms with Crippen molar-refractivity contribution in [2.75, 3.05) is 4.90 Å². The highest BCUT2D eigenvalue weighted by Gasteiger charge is 2.35. The first kappa shape index (κ1) is 28.3. The number of carbonyl (C=O) groups excluding carboxylic acids is 1. The first-order valence-electron chi connectivity index (χ1n) is 11.7. The van der Waals surface area contributed by atoms with Gasteiger partial charge in [-0.15, -0.1) is 0 Å². The molecule has 1 heterocycles. The molecule has 1 saturated heterocycles. The average molecular weight is 630 g/mol. The second-order valence-corrected chi connectivity index (χ2v) is 12.5. The molecule has 5 rings (SSSR count). The number of hydrogen-bond acceptors (Lipinski definition) is 6. The van der Waals surface area contributed by atoms with Gasteiger partial charge < -0.3 is 4.18 Å². The molecule has 0 spiro atoms. The summed E-state index contributed by atoms with van der Waals surface area (Å²) in [6.07, 6.45) is 1.53. The van der Waals surface area contributed by atoms with E-state index < -0.39 is 10.1 Å². The van der Waals surface area contributed by atoms with Gasteiger partial charge in [0.25, 0.3) is 5.91 Å². The van der Waals surface area contributed by atoms with Crippen molar-refractivity contribution in [2.24, 2.45) is 4.99 Å². The molecule has 0 aliphatic carbocycles. The maximum atomic E-state index is 13.7. The number of amidine groups is 1. The minimum Gasteiger partial charge on any atom is -0.378 e. The van der Waals surface area contributed by atoms with Crippen LogP contribution in [0.4, 0.5) is 11.4 Å². The van der Waals surface area contributed by atoms with Crippen LogP contribution >= 0.6 is 46.6 Å². The van der Waals surface area contributed by atoms with Crippen molar-refractivity contribution >= 4 is 85.2 Å². The molecule has 0 bridgehead atoms. The standard InChI is InChI=1S/C29H19Cl3N2O4S2/c1-18-2-13-25(14-3-18)40(36,37)38-26-15-8-22(32)16-19(26)17-27-28(35)34(24-11-6-21(31)7-12-24)29(39-27)33-23-9-4-20(30)5-10-23/h2-17H,1H3/b27-17-,33-29?. The SMILES string of the molecule is Cc1ccc(S(=O)(=O)Oc2ccc(Cl)cc2/C=C2\SC(=Nc3ccc(Cl)cc3)N(c3ccc(Cl)cc3)C2=O)cc1. The lowest BCUT2D eigenvalue weighted by Gasteiger charge is -2.15. The predicted octanol–water partition coefficient (Wildman–Crippen LogP) is 8.53. The van der Waals surface area contributed by atoms with E-state index in [0.29, 0.717) is 37.2 Å². The first-order chi connectivity index (χ1) is 19.1. The highest BCUT2D eigenvalue weighted by atomic mass is 35.5. The predicted molar refractivity (Wildman–Crippen MR) is 163 cm³/mol. The maximum Gasteiger partial charge on any atom is 0.339 e. The zero-order chi connectivity index (χ0) is 28.4. The Bertz CT molecular complexity index is 1750. The molecule has 1 aliphatic heterocycles. The molecule has 0 radical (unpaired) electrons. The summed E-state index contributed by atoms with van der Waals surface area (Å²) in [4.78, 5) is 20.1. The van der Waals surface area contributed by atoms with Crippen molar-refractivity contribution < 1.29 is 17.4 Å². The molecule has 0 saturated carbocycles. The molecule has 1 fully saturated rings. The van der Waals surface area contributed by atoms with Crippen LogP contribution in [-0.2, 0) is 14.9 Å². The fraction of sp³-hybridized carbons (Fsp3) is 0.0345. The number of aliphatic imine (C=N–C) groups is 1. The van der Waals surface area contributed by atoms with Crippen molar-refractivity contribution in [3.63, 3.8) is 0 Å². The highest BCUT2D eigenvalue weighted by Crippen LogP contribution is 2.39. The van der Waals surface area contributed by atoms with Gasteiger partial charge in [-0.1, -0.05) is 52.5 Å². The Morgan fingerprint density at radius 3 is 2.08 bits per heavy atom. The highest BCUT2D eigenvalue weighted by molar-refractivity contribution is 8.19. The molecule has 1 amide bonds. The molecule has 6 nitrogen and oxygen atoms in total. The number of anilines is 1. The number of aryl methyl sites for hydroxylation is 1. The van der Waals surface area contributed by atoms with Crippen molar-refractivity contribution in [1.29, 1.82) is 0 Å². The Labute approximate surface area is 251 Å². The van der Waals surface area contributed by atoms with Gasteiger partial charge in [0.15, 0.2) is 5.17 Å². The minimum absolute atomic E-state index is 0.00395. The summed E-state index contributed by atoms with van der Waals surface area (Å²) in [6.45, 7) is 1.86. The van der Waals surface area contributed by atoms with Crippen LogP contribution in [0, 0.1) is 6.92 Å². The molecule has 0 atom stereocenters. The van der Waals surface area contributed by atoms with Gasteiger partial charge in [-0.3, -0.25) is 9.69 Å². The number of halogens is 3. The summed E-state index contributed by atoms with van der Waals surface area (Å²) in [6, 6.07) is 24.5. The van der Waals surface area contributed by atoms with E-state index in [1.165, 1.54) is 41.3 Å². The summed E-state index contributed by atoms with van der Waals surface area (Å²) < 4.78 is 31.5. The van der Waals surface area contributed by atoms with Gasteiger partial charge in [0.2, 0.25) is 0 Å². The Hall–Kier alpha value is -3.27. The van der Waals surface area contributed by atoms with E-state index >= 15 is 0 Å². The van der Waals surface area contributed by atoms with E-state index in [2.05, 4.69) is 4.99 Å². The average Bonchev–Trinajstić information content (AvgIpc) is 3.22. The van der Waals surface area contributed by atoms with Crippen LogP contribution < -0.4 is 9.08 Å². The van der Waals surface area contributed by atoms with E-state index in [9.17, 15) is 13.2 Å². The normalized spacial score (nSPS) is 15.7. The second-order valence-electron chi connectivity index (χ2n) is 8.63. The fourth-order valence-corrected chi connectivity index (χ4v) is 6.09. The number of benzene rings is 4. The van der Waals surface area contributed by atoms with E-state index in [0.717, 1.165) is 17.3 Å². The van der Waals surface area contributed by atoms with Crippen LogP contribution in [0.3, 0.4) is 0 Å². The zero-order valence-corrected chi connectivity index (χ0v) is 24.6. The lowest BCUT2D eigenvalue weighted by atomic mass is 10.2. The summed E-state index contributed by atoms with van der Waals surface area (Å²) in [7, 11) is -4.15. The second kappa shape index (κ2) is 11.7. The third-order valence-electron chi connectivity index (χ3n) is 5.71. The summed E-state index contributed by atoms with van der Waals surface area (Å²) in [5.41, 5.74) is 2.37. The van der Waals surface area contributed by atoms with Crippen molar-refractivity contribution in [3.8, 4) is 5.75 Å². The molecule has 40 heavy (non-hydrogen) atoms. The van der Waals surface area contributed by atoms with Gasteiger partial charge >= 0.3 is 10.1 Å². The number of nitrogens with zero attached hydrogens (tertiary/aromatic N) is 2. The van der Waals surface area contributed by atoms with E-state index in [1.54, 1.807) is 60.7 Å². The molecule has 11 heteroatoms. The van der Waals surface area contributed by atoms with Crippen LogP contribution in [0.25, 0.3) is 6.08 Å². The van der Waals surface area contributed by atoms with Gasteiger partial charge in [0, 0.05) is 20.6 Å². The van der Waals surface area contributed by atoms with Crippen LogP contribution in [0.1, 0.15) is 11.1 Å². The van der Waals surface area contributed by atoms with Crippen LogP contribution in [-0.4, -0.2) is 19.5 Å². The zero-order valence-electron chi connectivity index (χ0n) is 20.7. The molecule has 202 valence electrons. The minimum atomic E-state index is -4.15. The number of amides is 1. The number of rotatable bonds is 6. The van der Waals surface area contributed by atoms with Gasteiger partial charge in [-0.25, -0.2) is 4.99 Å². The van der Waals surface area contributed by atoms with Gasteiger partial charge in [0.05, 0.1) is 16.3 Å². The summed E-state index contributed by atoms with van der Waals surface area (Å²) >= 11 is 19.5. The summed E-state index contributed by atoms with van der Waals surface area (Å²) in [5, 5.41) is 1.80. The molecule has 0 N–H and O–H groups in total. The monoisotopic (exact) mass is 628 g/mol.